The normalized spacial score (nSPS) is 17.2. The Kier molecular flexibility index (Phi) is 5.38. The lowest BCUT2D eigenvalue weighted by molar-refractivity contribution is 0.0692. The largest absolute Gasteiger partial charge is 0.338 e. The van der Waals surface area contributed by atoms with Crippen LogP contribution in [0.1, 0.15) is 55.9 Å². The molecule has 2 rings (SSSR count). The first-order chi connectivity index (χ1) is 9.93. The molecular weight excluding hydrogens is 282 g/mol. The molecule has 1 aliphatic heterocycles. The van der Waals surface area contributed by atoms with Gasteiger partial charge < -0.3 is 10.2 Å². The van der Waals surface area contributed by atoms with Gasteiger partial charge in [0.15, 0.2) is 0 Å². The molecule has 1 saturated heterocycles. The van der Waals surface area contributed by atoms with Crippen molar-refractivity contribution in [3.8, 4) is 0 Å². The van der Waals surface area contributed by atoms with E-state index in [1.165, 1.54) is 11.3 Å². The third kappa shape index (κ3) is 4.04. The molecule has 0 aromatic carbocycles. The summed E-state index contributed by atoms with van der Waals surface area (Å²) >= 11 is 1.48. The number of carbonyl (C=O) groups excluding carboxylic acids is 1. The zero-order valence-electron chi connectivity index (χ0n) is 13.6. The maximum atomic E-state index is 12.7. The van der Waals surface area contributed by atoms with Crippen LogP contribution in [0.15, 0.2) is 5.51 Å². The van der Waals surface area contributed by atoms with Crippen LogP contribution < -0.4 is 5.32 Å². The van der Waals surface area contributed by atoms with Crippen molar-refractivity contribution in [3.05, 3.63) is 16.1 Å². The Morgan fingerprint density at radius 3 is 2.67 bits per heavy atom. The monoisotopic (exact) mass is 309 g/mol. The number of hydrogen-bond acceptors (Lipinski definition) is 4. The lowest BCUT2D eigenvalue weighted by atomic mass is 9.90. The summed E-state index contributed by atoms with van der Waals surface area (Å²) in [5.41, 5.74) is 2.66. The third-order valence-electron chi connectivity index (χ3n) is 4.06. The van der Waals surface area contributed by atoms with Crippen molar-refractivity contribution < 1.29 is 4.79 Å². The zero-order valence-corrected chi connectivity index (χ0v) is 14.4. The van der Waals surface area contributed by atoms with Gasteiger partial charge in [-0.05, 0) is 31.8 Å². The van der Waals surface area contributed by atoms with E-state index in [0.29, 0.717) is 5.92 Å². The summed E-state index contributed by atoms with van der Waals surface area (Å²) in [6, 6.07) is 0. The van der Waals surface area contributed by atoms with Crippen molar-refractivity contribution in [3.63, 3.8) is 0 Å². The van der Waals surface area contributed by atoms with Crippen LogP contribution in [-0.4, -0.2) is 42.0 Å². The van der Waals surface area contributed by atoms with Gasteiger partial charge in [0, 0.05) is 18.5 Å². The molecule has 1 aromatic heterocycles. The van der Waals surface area contributed by atoms with Crippen LogP contribution in [0.4, 0.5) is 0 Å². The topological polar surface area (TPSA) is 45.2 Å². The molecule has 1 N–H and O–H groups in total. The molecule has 0 radical (unpaired) electrons. The summed E-state index contributed by atoms with van der Waals surface area (Å²) in [4.78, 5) is 20.0. The van der Waals surface area contributed by atoms with E-state index < -0.39 is 0 Å². The van der Waals surface area contributed by atoms with Crippen LogP contribution in [0.2, 0.25) is 0 Å². The summed E-state index contributed by atoms with van der Waals surface area (Å²) in [6.45, 7) is 12.3. The second-order valence-corrected chi connectivity index (χ2v) is 7.68. The number of aromatic nitrogens is 1. The predicted octanol–water partition coefficient (Wildman–Crippen LogP) is 2.90. The average Bonchev–Trinajstić information content (AvgIpc) is 2.94. The lowest BCUT2D eigenvalue weighted by Gasteiger charge is -2.32. The van der Waals surface area contributed by atoms with Crippen molar-refractivity contribution in [1.29, 1.82) is 0 Å². The smallest absolute Gasteiger partial charge is 0.265 e. The molecule has 0 saturated carbocycles. The van der Waals surface area contributed by atoms with E-state index in [4.69, 9.17) is 0 Å². The number of piperidine rings is 1. The highest BCUT2D eigenvalue weighted by molar-refractivity contribution is 7.11. The van der Waals surface area contributed by atoms with Crippen LogP contribution in [0.5, 0.6) is 0 Å². The predicted molar refractivity (Wildman–Crippen MR) is 88.0 cm³/mol. The number of nitrogens with zero attached hydrogens (tertiary/aromatic N) is 2. The van der Waals surface area contributed by atoms with Gasteiger partial charge in [0.25, 0.3) is 5.91 Å². The maximum Gasteiger partial charge on any atom is 0.265 e. The van der Waals surface area contributed by atoms with Crippen LogP contribution in [0, 0.1) is 5.92 Å². The molecular formula is C16H27N3OS. The molecule has 4 nitrogen and oxygen atoms in total. The van der Waals surface area contributed by atoms with Crippen molar-refractivity contribution in [2.24, 2.45) is 5.92 Å². The van der Waals surface area contributed by atoms with E-state index in [0.717, 1.165) is 49.6 Å². The lowest BCUT2D eigenvalue weighted by Crippen LogP contribution is -2.41. The summed E-state index contributed by atoms with van der Waals surface area (Å²) < 4.78 is 0. The minimum atomic E-state index is -0.0750. The molecule has 0 unspecified atom stereocenters. The Morgan fingerprint density at radius 2 is 2.10 bits per heavy atom. The van der Waals surface area contributed by atoms with Crippen molar-refractivity contribution in [2.45, 2.75) is 46.0 Å². The van der Waals surface area contributed by atoms with Gasteiger partial charge in [0.05, 0.1) is 11.2 Å². The molecule has 1 aromatic rings. The minimum Gasteiger partial charge on any atom is -0.338 e. The van der Waals surface area contributed by atoms with Crippen molar-refractivity contribution in [2.75, 3.05) is 26.2 Å². The van der Waals surface area contributed by atoms with Crippen LogP contribution >= 0.6 is 11.3 Å². The van der Waals surface area contributed by atoms with Gasteiger partial charge in [-0.25, -0.2) is 4.98 Å². The van der Waals surface area contributed by atoms with Crippen molar-refractivity contribution in [1.82, 2.24) is 15.2 Å². The molecule has 1 amide bonds. The van der Waals surface area contributed by atoms with Gasteiger partial charge in [-0.3, -0.25) is 4.79 Å². The summed E-state index contributed by atoms with van der Waals surface area (Å²) in [7, 11) is 0. The number of rotatable bonds is 4. The Morgan fingerprint density at radius 1 is 1.43 bits per heavy atom. The molecule has 0 spiro atoms. The Labute approximate surface area is 132 Å². The molecule has 0 bridgehead atoms. The minimum absolute atomic E-state index is 0.0750. The fourth-order valence-corrected chi connectivity index (χ4v) is 3.73. The molecule has 5 heteroatoms. The maximum absolute atomic E-state index is 12.7. The number of likely N-dealkylation sites (tertiary alicyclic amines) is 1. The summed E-state index contributed by atoms with van der Waals surface area (Å²) in [6.07, 6.45) is 2.20. The zero-order chi connectivity index (χ0) is 15.5. The second kappa shape index (κ2) is 6.88. The number of nitrogens with one attached hydrogen (secondary N) is 1. The van der Waals surface area contributed by atoms with Gasteiger partial charge in [-0.1, -0.05) is 27.7 Å². The fraction of sp³-hybridized carbons (Fsp3) is 0.750. The van der Waals surface area contributed by atoms with Gasteiger partial charge >= 0.3 is 0 Å². The van der Waals surface area contributed by atoms with E-state index in [-0.39, 0.29) is 11.3 Å². The number of amides is 1. The van der Waals surface area contributed by atoms with E-state index in [1.807, 2.05) is 4.90 Å². The van der Waals surface area contributed by atoms with Crippen LogP contribution in [0.25, 0.3) is 0 Å². The Hall–Kier alpha value is -0.940. The summed E-state index contributed by atoms with van der Waals surface area (Å²) in [5.74, 6) is 0.877. The van der Waals surface area contributed by atoms with Gasteiger partial charge in [-0.2, -0.15) is 0 Å². The molecule has 1 aliphatic rings. The Bertz CT molecular complexity index is 470. The van der Waals surface area contributed by atoms with Crippen molar-refractivity contribution >= 4 is 17.2 Å². The van der Waals surface area contributed by atoms with Crippen LogP contribution in [0.3, 0.4) is 0 Å². The fourth-order valence-electron chi connectivity index (χ4n) is 2.76. The first-order valence-electron chi connectivity index (χ1n) is 7.87. The first kappa shape index (κ1) is 16.4. The highest BCUT2D eigenvalue weighted by Crippen LogP contribution is 2.29. The van der Waals surface area contributed by atoms with Gasteiger partial charge in [0.2, 0.25) is 0 Å². The third-order valence-corrected chi connectivity index (χ3v) is 4.87. The molecule has 118 valence electrons. The highest BCUT2D eigenvalue weighted by Gasteiger charge is 2.29. The number of thiazole rings is 1. The molecule has 0 atom stereocenters. The van der Waals surface area contributed by atoms with E-state index in [1.54, 1.807) is 5.51 Å². The van der Waals surface area contributed by atoms with Crippen LogP contribution in [-0.2, 0) is 5.41 Å². The molecule has 1 fully saturated rings. The van der Waals surface area contributed by atoms with Gasteiger partial charge in [-0.15, -0.1) is 11.3 Å². The molecule has 0 aliphatic carbocycles. The quantitative estimate of drug-likeness (QED) is 0.930. The van der Waals surface area contributed by atoms with E-state index in [9.17, 15) is 4.79 Å². The first-order valence-corrected chi connectivity index (χ1v) is 8.75. The summed E-state index contributed by atoms with van der Waals surface area (Å²) in [5, 5.41) is 3.41. The Balaban J connectivity index is 1.98. The average molecular weight is 309 g/mol. The van der Waals surface area contributed by atoms with E-state index in [2.05, 4.69) is 38.0 Å². The molecule has 21 heavy (non-hydrogen) atoms. The van der Waals surface area contributed by atoms with E-state index >= 15 is 0 Å². The number of carbonyl (C=O) groups is 1. The van der Waals surface area contributed by atoms with Gasteiger partial charge in [0.1, 0.15) is 4.88 Å². The highest BCUT2D eigenvalue weighted by atomic mass is 32.1. The SMILES string of the molecule is CCNCC1CCN(C(=O)c2scnc2C(C)(C)C)CC1. The number of hydrogen-bond donors (Lipinski definition) is 1. The standard InChI is InChI=1S/C16H27N3OS/c1-5-17-10-12-6-8-19(9-7-12)15(20)13-14(16(2,3)4)18-11-21-13/h11-12,17H,5-10H2,1-4H3. The second-order valence-electron chi connectivity index (χ2n) is 6.82. The molecule has 2 heterocycles.